The fourth-order valence-corrected chi connectivity index (χ4v) is 2.83. The van der Waals surface area contributed by atoms with E-state index in [1.165, 1.54) is 0 Å². The molecule has 0 aliphatic rings. The minimum absolute atomic E-state index is 0.0722. The Balaban J connectivity index is 2.44. The molecule has 0 aromatic heterocycles. The van der Waals surface area contributed by atoms with Gasteiger partial charge in [0, 0.05) is 24.7 Å². The number of carboxylic acid groups (broad SMARTS) is 1. The number of unbranched alkanes of at least 4 members (excludes halogenated alkanes) is 1. The Labute approximate surface area is 156 Å². The fraction of sp³-hybridized carbons (Fsp3) is 0.619. The molecule has 0 unspecified atom stereocenters. The van der Waals surface area contributed by atoms with E-state index in [2.05, 4.69) is 0 Å². The molecule has 0 amide bonds. The Morgan fingerprint density at radius 2 is 1.50 bits per heavy atom. The number of aliphatic carboxylic acids is 1. The van der Waals surface area contributed by atoms with Gasteiger partial charge in [-0.1, -0.05) is 52.0 Å². The van der Waals surface area contributed by atoms with Crippen molar-refractivity contribution in [3.8, 4) is 0 Å². The summed E-state index contributed by atoms with van der Waals surface area (Å²) >= 11 is 0. The predicted octanol–water partition coefficient (Wildman–Crippen LogP) is 4.10. The lowest BCUT2D eigenvalue weighted by atomic mass is 9.88. The Morgan fingerprint density at radius 1 is 0.962 bits per heavy atom. The van der Waals surface area contributed by atoms with Crippen LogP contribution < -0.4 is 0 Å². The summed E-state index contributed by atoms with van der Waals surface area (Å²) in [6.07, 6.45) is 0.982. The third kappa shape index (κ3) is 7.56. The van der Waals surface area contributed by atoms with Crippen molar-refractivity contribution in [3.05, 3.63) is 35.4 Å². The first-order valence-electron chi connectivity index (χ1n) is 9.37. The lowest BCUT2D eigenvalue weighted by Gasteiger charge is -2.23. The maximum atomic E-state index is 11.7. The molecule has 0 saturated carbocycles. The van der Waals surface area contributed by atoms with Crippen molar-refractivity contribution < 1.29 is 24.5 Å². The highest BCUT2D eigenvalue weighted by molar-refractivity contribution is 5.69. The van der Waals surface area contributed by atoms with Gasteiger partial charge in [0.05, 0.1) is 12.7 Å². The van der Waals surface area contributed by atoms with Gasteiger partial charge in [0.15, 0.2) is 0 Å². The van der Waals surface area contributed by atoms with Crippen LogP contribution in [0.25, 0.3) is 0 Å². The van der Waals surface area contributed by atoms with Gasteiger partial charge >= 0.3 is 11.9 Å². The molecule has 0 radical (unpaired) electrons. The quantitative estimate of drug-likeness (QED) is 0.456. The van der Waals surface area contributed by atoms with E-state index in [-0.39, 0.29) is 42.7 Å². The number of ether oxygens (including phenoxy) is 1. The normalized spacial score (nSPS) is 14.7. The van der Waals surface area contributed by atoms with Gasteiger partial charge in [-0.05, 0) is 29.9 Å². The molecule has 0 heterocycles. The first kappa shape index (κ1) is 22.2. The van der Waals surface area contributed by atoms with E-state index in [1.54, 1.807) is 0 Å². The van der Waals surface area contributed by atoms with Crippen molar-refractivity contribution in [2.45, 2.75) is 71.3 Å². The second-order valence-corrected chi connectivity index (χ2v) is 7.37. The Morgan fingerprint density at radius 3 is 2.04 bits per heavy atom. The Bertz CT molecular complexity index is 564. The first-order valence-corrected chi connectivity index (χ1v) is 9.37. The van der Waals surface area contributed by atoms with E-state index < -0.39 is 5.97 Å². The van der Waals surface area contributed by atoms with Gasteiger partial charge in [-0.15, -0.1) is 0 Å². The van der Waals surface area contributed by atoms with Crippen LogP contribution in [-0.2, 0) is 14.3 Å². The number of aliphatic hydroxyl groups is 1. The van der Waals surface area contributed by atoms with Crippen LogP contribution in [0.15, 0.2) is 24.3 Å². The van der Waals surface area contributed by atoms with Gasteiger partial charge in [0.25, 0.3) is 0 Å². The van der Waals surface area contributed by atoms with E-state index in [0.29, 0.717) is 19.4 Å². The summed E-state index contributed by atoms with van der Waals surface area (Å²) in [5, 5.41) is 18.8. The van der Waals surface area contributed by atoms with Crippen molar-refractivity contribution in [2.24, 2.45) is 5.92 Å². The lowest BCUT2D eigenvalue weighted by molar-refractivity contribution is -0.144. The number of hydrogen-bond donors (Lipinski definition) is 2. The van der Waals surface area contributed by atoms with Crippen LogP contribution in [0.5, 0.6) is 0 Å². The molecule has 1 aromatic carbocycles. The average molecular weight is 364 g/mol. The van der Waals surface area contributed by atoms with Crippen LogP contribution in [-0.4, -0.2) is 34.9 Å². The zero-order valence-electron chi connectivity index (χ0n) is 16.3. The summed E-state index contributed by atoms with van der Waals surface area (Å²) in [4.78, 5) is 22.1. The molecule has 0 spiro atoms. The minimum atomic E-state index is -0.842. The first-order chi connectivity index (χ1) is 12.2. The van der Waals surface area contributed by atoms with Gasteiger partial charge in [-0.2, -0.15) is 0 Å². The molecule has 5 heteroatoms. The number of aliphatic hydroxyl groups excluding tert-OH is 1. The second-order valence-electron chi connectivity index (χ2n) is 7.37. The third-order valence-corrected chi connectivity index (χ3v) is 4.74. The van der Waals surface area contributed by atoms with Crippen LogP contribution in [0.3, 0.4) is 0 Å². The van der Waals surface area contributed by atoms with Gasteiger partial charge < -0.3 is 14.9 Å². The van der Waals surface area contributed by atoms with Crippen molar-refractivity contribution in [1.82, 2.24) is 0 Å². The molecule has 1 rings (SSSR count). The summed E-state index contributed by atoms with van der Waals surface area (Å²) in [7, 11) is 0. The third-order valence-electron chi connectivity index (χ3n) is 4.74. The number of esters is 1. The molecule has 2 N–H and O–H groups in total. The van der Waals surface area contributed by atoms with Crippen LogP contribution >= 0.6 is 0 Å². The van der Waals surface area contributed by atoms with Crippen molar-refractivity contribution >= 4 is 11.9 Å². The van der Waals surface area contributed by atoms with Gasteiger partial charge in [0.1, 0.15) is 0 Å². The second kappa shape index (κ2) is 11.0. The zero-order chi connectivity index (χ0) is 19.7. The fourth-order valence-electron chi connectivity index (χ4n) is 2.83. The van der Waals surface area contributed by atoms with Crippen molar-refractivity contribution in [2.75, 3.05) is 6.61 Å². The smallest absolute Gasteiger partial charge is 0.305 e. The number of rotatable bonds is 11. The number of benzene rings is 1. The number of carboxylic acids is 1. The molecule has 146 valence electrons. The van der Waals surface area contributed by atoms with Gasteiger partial charge in [0.2, 0.25) is 0 Å². The monoisotopic (exact) mass is 364 g/mol. The maximum absolute atomic E-state index is 11.7. The van der Waals surface area contributed by atoms with E-state index in [1.807, 2.05) is 52.0 Å². The molecular weight excluding hydrogens is 332 g/mol. The topological polar surface area (TPSA) is 83.8 Å². The largest absolute Gasteiger partial charge is 0.481 e. The minimum Gasteiger partial charge on any atom is -0.481 e. The summed E-state index contributed by atoms with van der Waals surface area (Å²) in [5.74, 6) is -0.767. The standard InChI is InChI=1S/C21H32O5/c1-14(2)21(25)16(4)18-11-9-17(10-12-18)15(3)13-26-20(24)8-6-5-7-19(22)23/h9-12,14-16,21,25H,5-8,13H2,1-4H3,(H,22,23)/t15-,16-,21-/m0/s1. The predicted molar refractivity (Wildman–Crippen MR) is 101 cm³/mol. The molecule has 1 aromatic rings. The van der Waals surface area contributed by atoms with Crippen LogP contribution in [0, 0.1) is 5.92 Å². The van der Waals surface area contributed by atoms with Gasteiger partial charge in [-0.25, -0.2) is 0 Å². The molecule has 0 aliphatic carbocycles. The molecular formula is C21H32O5. The van der Waals surface area contributed by atoms with E-state index in [4.69, 9.17) is 9.84 Å². The summed E-state index contributed by atoms with van der Waals surface area (Å²) in [6.45, 7) is 8.34. The SMILES string of the molecule is CC(C)[C@H](O)[C@@H](C)c1ccc([C@@H](C)COC(=O)CCCCC(=O)O)cc1. The maximum Gasteiger partial charge on any atom is 0.305 e. The lowest BCUT2D eigenvalue weighted by Crippen LogP contribution is -2.22. The van der Waals surface area contributed by atoms with Crippen LogP contribution in [0.2, 0.25) is 0 Å². The highest BCUT2D eigenvalue weighted by Crippen LogP contribution is 2.26. The number of hydrogen-bond acceptors (Lipinski definition) is 4. The number of carbonyl (C=O) groups excluding carboxylic acids is 1. The molecule has 0 saturated heterocycles. The highest BCUT2D eigenvalue weighted by atomic mass is 16.5. The summed E-state index contributed by atoms with van der Waals surface area (Å²) in [5.41, 5.74) is 2.18. The van der Waals surface area contributed by atoms with Crippen molar-refractivity contribution in [1.29, 1.82) is 0 Å². The highest BCUT2D eigenvalue weighted by Gasteiger charge is 2.19. The molecule has 0 bridgehead atoms. The molecule has 3 atom stereocenters. The Hall–Kier alpha value is -1.88. The molecule has 0 fully saturated rings. The van der Waals surface area contributed by atoms with E-state index in [9.17, 15) is 14.7 Å². The molecule has 5 nitrogen and oxygen atoms in total. The summed E-state index contributed by atoms with van der Waals surface area (Å²) < 4.78 is 5.29. The number of carbonyl (C=O) groups is 2. The molecule has 26 heavy (non-hydrogen) atoms. The van der Waals surface area contributed by atoms with E-state index >= 15 is 0 Å². The van der Waals surface area contributed by atoms with Gasteiger partial charge in [-0.3, -0.25) is 9.59 Å². The van der Waals surface area contributed by atoms with E-state index in [0.717, 1.165) is 11.1 Å². The molecule has 0 aliphatic heterocycles. The zero-order valence-corrected chi connectivity index (χ0v) is 16.3. The van der Waals surface area contributed by atoms with Crippen molar-refractivity contribution in [3.63, 3.8) is 0 Å². The summed E-state index contributed by atoms with van der Waals surface area (Å²) in [6, 6.07) is 8.08. The van der Waals surface area contributed by atoms with Crippen LogP contribution in [0.4, 0.5) is 0 Å². The average Bonchev–Trinajstić information content (AvgIpc) is 2.61. The Kier molecular flexibility index (Phi) is 9.35. The van der Waals surface area contributed by atoms with Crippen LogP contribution in [0.1, 0.15) is 76.3 Å².